The first kappa shape index (κ1) is 16.2. The minimum Gasteiger partial charge on any atom is -0.496 e. The highest BCUT2D eigenvalue weighted by atomic mass is 35.5. The number of methoxy groups -OCH3 is 1. The summed E-state index contributed by atoms with van der Waals surface area (Å²) in [5, 5.41) is 10.6. The molecule has 0 atom stereocenters. The van der Waals surface area contributed by atoms with Crippen molar-refractivity contribution in [1.82, 2.24) is 0 Å². The number of carboxylic acids is 1. The van der Waals surface area contributed by atoms with Gasteiger partial charge >= 0.3 is 5.97 Å². The second-order valence-electron chi connectivity index (χ2n) is 6.05. The Bertz CT molecular complexity index is 572. The molecule has 2 rings (SSSR count). The first-order valence-corrected chi connectivity index (χ1v) is 7.81. The van der Waals surface area contributed by atoms with Gasteiger partial charge < -0.3 is 9.84 Å². The van der Waals surface area contributed by atoms with E-state index < -0.39 is 11.4 Å². The summed E-state index contributed by atoms with van der Waals surface area (Å²) in [6.07, 6.45) is 4.25. The van der Waals surface area contributed by atoms with Crippen molar-refractivity contribution in [2.75, 3.05) is 7.11 Å². The molecule has 1 aromatic rings. The Morgan fingerprint density at radius 2 is 1.67 bits per heavy atom. The van der Waals surface area contributed by atoms with E-state index >= 15 is 0 Å². The molecular weight excluding hydrogens is 288 g/mol. The van der Waals surface area contributed by atoms with Crippen LogP contribution in [-0.2, 0) is 10.2 Å². The van der Waals surface area contributed by atoms with Gasteiger partial charge in [0.1, 0.15) is 5.75 Å². The first-order chi connectivity index (χ1) is 9.86. The molecule has 1 fully saturated rings. The predicted molar refractivity (Wildman–Crippen MR) is 84.6 cm³/mol. The number of hydrogen-bond donors (Lipinski definition) is 1. The molecule has 0 aromatic heterocycles. The summed E-state index contributed by atoms with van der Waals surface area (Å²) in [5.41, 5.74) is 2.67. The van der Waals surface area contributed by atoms with Crippen LogP contribution in [-0.4, -0.2) is 18.2 Å². The van der Waals surface area contributed by atoms with Crippen molar-refractivity contribution in [3.63, 3.8) is 0 Å². The van der Waals surface area contributed by atoms with Crippen LogP contribution in [0.3, 0.4) is 0 Å². The molecular formula is C17H23ClO3. The highest BCUT2D eigenvalue weighted by molar-refractivity contribution is 6.32. The van der Waals surface area contributed by atoms with E-state index in [2.05, 4.69) is 0 Å². The summed E-state index contributed by atoms with van der Waals surface area (Å²) >= 11 is 6.45. The highest BCUT2D eigenvalue weighted by Gasteiger charge is 2.45. The van der Waals surface area contributed by atoms with Gasteiger partial charge in [0.15, 0.2) is 0 Å². The van der Waals surface area contributed by atoms with E-state index in [0.717, 1.165) is 41.5 Å². The summed E-state index contributed by atoms with van der Waals surface area (Å²) in [5.74, 6) is -0.0679. The van der Waals surface area contributed by atoms with Gasteiger partial charge in [-0.1, -0.05) is 30.9 Å². The normalized spacial score (nSPS) is 17.6. The fraction of sp³-hybridized carbons (Fsp3) is 0.588. The molecule has 1 aromatic carbocycles. The number of rotatable bonds is 3. The lowest BCUT2D eigenvalue weighted by molar-refractivity contribution is -0.145. The molecule has 116 valence electrons. The molecule has 1 aliphatic carbocycles. The van der Waals surface area contributed by atoms with Crippen LogP contribution in [0.1, 0.15) is 54.4 Å². The Kier molecular flexibility index (Phi) is 4.52. The van der Waals surface area contributed by atoms with Crippen LogP contribution in [0.25, 0.3) is 0 Å². The summed E-state index contributed by atoms with van der Waals surface area (Å²) in [4.78, 5) is 12.1. The van der Waals surface area contributed by atoms with Gasteiger partial charge in [-0.3, -0.25) is 4.79 Å². The minimum absolute atomic E-state index is 0.651. The lowest BCUT2D eigenvalue weighted by Gasteiger charge is -2.37. The van der Waals surface area contributed by atoms with Gasteiger partial charge in [0, 0.05) is 10.6 Å². The van der Waals surface area contributed by atoms with Gasteiger partial charge in [-0.25, -0.2) is 0 Å². The minimum atomic E-state index is -0.865. The maximum Gasteiger partial charge on any atom is 0.314 e. The molecule has 4 heteroatoms. The van der Waals surface area contributed by atoms with E-state index in [9.17, 15) is 9.90 Å². The van der Waals surface area contributed by atoms with Crippen LogP contribution >= 0.6 is 11.6 Å². The Balaban J connectivity index is 2.79. The second kappa shape index (κ2) is 5.88. The van der Waals surface area contributed by atoms with Crippen LogP contribution in [0.15, 0.2) is 0 Å². The van der Waals surface area contributed by atoms with Crippen molar-refractivity contribution in [2.45, 2.75) is 58.3 Å². The van der Waals surface area contributed by atoms with E-state index in [4.69, 9.17) is 16.3 Å². The van der Waals surface area contributed by atoms with Crippen molar-refractivity contribution >= 4 is 17.6 Å². The van der Waals surface area contributed by atoms with Crippen molar-refractivity contribution in [2.24, 2.45) is 0 Å². The molecule has 0 radical (unpaired) electrons. The number of hydrogen-bond acceptors (Lipinski definition) is 2. The van der Waals surface area contributed by atoms with Crippen LogP contribution in [0, 0.1) is 20.8 Å². The average Bonchev–Trinajstić information content (AvgIpc) is 2.49. The smallest absolute Gasteiger partial charge is 0.314 e. The van der Waals surface area contributed by atoms with E-state index in [1.165, 1.54) is 0 Å². The van der Waals surface area contributed by atoms with E-state index in [-0.39, 0.29) is 0 Å². The van der Waals surface area contributed by atoms with Crippen LogP contribution in [0.4, 0.5) is 0 Å². The molecule has 1 saturated carbocycles. The fourth-order valence-electron chi connectivity index (χ4n) is 3.64. The lowest BCUT2D eigenvalue weighted by Crippen LogP contribution is -2.39. The van der Waals surface area contributed by atoms with Gasteiger partial charge in [0.2, 0.25) is 0 Å². The molecule has 3 nitrogen and oxygen atoms in total. The summed E-state index contributed by atoms with van der Waals surface area (Å²) in [7, 11) is 1.61. The molecule has 1 N–H and O–H groups in total. The Labute approximate surface area is 131 Å². The molecule has 0 heterocycles. The number of benzene rings is 1. The topological polar surface area (TPSA) is 46.5 Å². The van der Waals surface area contributed by atoms with Crippen molar-refractivity contribution in [3.05, 3.63) is 27.3 Å². The maximum absolute atomic E-state index is 12.1. The number of ether oxygens (including phenoxy) is 1. The van der Waals surface area contributed by atoms with Crippen molar-refractivity contribution < 1.29 is 14.6 Å². The molecule has 1 aliphatic rings. The summed E-state index contributed by atoms with van der Waals surface area (Å²) in [6, 6.07) is 0. The molecule has 0 bridgehead atoms. The number of halogens is 1. The SMILES string of the molecule is COc1c(C)c(C)c(Cl)c(C)c1C1(C(=O)O)CCCCC1. The standard InChI is InChI=1S/C17H23ClO3/c1-10-11(2)15(21-4)13(12(3)14(10)18)17(16(19)20)8-6-5-7-9-17/h5-9H2,1-4H3,(H,19,20). The zero-order chi connectivity index (χ0) is 15.8. The molecule has 0 amide bonds. The number of carbonyl (C=O) groups is 1. The van der Waals surface area contributed by atoms with Gasteiger partial charge in [0.05, 0.1) is 12.5 Å². The van der Waals surface area contributed by atoms with Crippen LogP contribution < -0.4 is 4.74 Å². The monoisotopic (exact) mass is 310 g/mol. The lowest BCUT2D eigenvalue weighted by atomic mass is 9.67. The van der Waals surface area contributed by atoms with Gasteiger partial charge in [-0.15, -0.1) is 0 Å². The van der Waals surface area contributed by atoms with Gasteiger partial charge in [0.25, 0.3) is 0 Å². The summed E-state index contributed by atoms with van der Waals surface area (Å²) in [6.45, 7) is 5.80. The van der Waals surface area contributed by atoms with Gasteiger partial charge in [-0.05, 0) is 50.3 Å². The molecule has 0 aliphatic heterocycles. The van der Waals surface area contributed by atoms with Crippen molar-refractivity contribution in [1.29, 1.82) is 0 Å². The van der Waals surface area contributed by atoms with Crippen LogP contribution in [0.2, 0.25) is 5.02 Å². The number of aliphatic carboxylic acids is 1. The third kappa shape index (κ3) is 2.42. The molecule has 0 unspecified atom stereocenters. The van der Waals surface area contributed by atoms with E-state index in [0.29, 0.717) is 23.6 Å². The van der Waals surface area contributed by atoms with Crippen molar-refractivity contribution in [3.8, 4) is 5.75 Å². The third-order valence-corrected chi connectivity index (χ3v) is 5.53. The fourth-order valence-corrected chi connectivity index (χ4v) is 3.88. The number of carboxylic acid groups (broad SMARTS) is 1. The average molecular weight is 311 g/mol. The predicted octanol–water partition coefficient (Wildman–Crippen LogP) is 4.56. The van der Waals surface area contributed by atoms with E-state index in [1.54, 1.807) is 7.11 Å². The zero-order valence-corrected chi connectivity index (χ0v) is 13.9. The Morgan fingerprint density at radius 1 is 1.10 bits per heavy atom. The van der Waals surface area contributed by atoms with Gasteiger partial charge in [-0.2, -0.15) is 0 Å². The zero-order valence-electron chi connectivity index (χ0n) is 13.2. The highest BCUT2D eigenvalue weighted by Crippen LogP contribution is 2.48. The third-order valence-electron chi connectivity index (χ3n) is 4.96. The van der Waals surface area contributed by atoms with Crippen LogP contribution in [0.5, 0.6) is 5.75 Å². The Morgan fingerprint density at radius 3 is 2.14 bits per heavy atom. The second-order valence-corrected chi connectivity index (χ2v) is 6.42. The first-order valence-electron chi connectivity index (χ1n) is 7.44. The van der Waals surface area contributed by atoms with E-state index in [1.807, 2.05) is 20.8 Å². The summed E-state index contributed by atoms with van der Waals surface area (Å²) < 4.78 is 5.60. The molecule has 0 saturated heterocycles. The molecule has 21 heavy (non-hydrogen) atoms. The molecule has 0 spiro atoms. The largest absolute Gasteiger partial charge is 0.496 e. The quantitative estimate of drug-likeness (QED) is 0.890. The Hall–Kier alpha value is -1.22. The maximum atomic E-state index is 12.1.